The average molecular weight is 385 g/mol. The molecule has 3 heterocycles. The second-order valence-electron chi connectivity index (χ2n) is 5.86. The summed E-state index contributed by atoms with van der Waals surface area (Å²) in [6.07, 6.45) is 5.53. The first-order valence-electron chi connectivity index (χ1n) is 8.45. The van der Waals surface area contributed by atoms with E-state index in [1.165, 1.54) is 11.0 Å². The van der Waals surface area contributed by atoms with E-state index in [4.69, 9.17) is 0 Å². The summed E-state index contributed by atoms with van der Waals surface area (Å²) in [4.78, 5) is 21.2. The summed E-state index contributed by atoms with van der Waals surface area (Å²) in [5.41, 5.74) is 1.79. The summed E-state index contributed by atoms with van der Waals surface area (Å²) < 4.78 is 0. The van der Waals surface area contributed by atoms with Crippen molar-refractivity contribution < 1.29 is 0 Å². The van der Waals surface area contributed by atoms with Gasteiger partial charge in [0.1, 0.15) is 17.2 Å². The Labute approximate surface area is 165 Å². The number of aromatic nitrogens is 4. The van der Waals surface area contributed by atoms with Crippen molar-refractivity contribution in [2.45, 2.75) is 4.90 Å². The van der Waals surface area contributed by atoms with Crippen molar-refractivity contribution in [2.75, 3.05) is 11.6 Å². The molecule has 0 aliphatic carbocycles. The van der Waals surface area contributed by atoms with E-state index in [1.807, 2.05) is 30.5 Å². The van der Waals surface area contributed by atoms with E-state index in [0.29, 0.717) is 17.2 Å². The Morgan fingerprint density at radius 2 is 1.89 bits per heavy atom. The van der Waals surface area contributed by atoms with Gasteiger partial charge in [-0.1, -0.05) is 0 Å². The molecule has 28 heavy (non-hydrogen) atoms. The molecule has 0 saturated carbocycles. The topological polar surface area (TPSA) is 83.6 Å². The van der Waals surface area contributed by atoms with Crippen LogP contribution in [0.25, 0.3) is 10.8 Å². The zero-order valence-electron chi connectivity index (χ0n) is 14.9. The van der Waals surface area contributed by atoms with E-state index < -0.39 is 0 Å². The summed E-state index contributed by atoms with van der Waals surface area (Å²) in [5.74, 6) is 6.66. The van der Waals surface area contributed by atoms with Gasteiger partial charge in [-0.15, -0.1) is 11.8 Å². The van der Waals surface area contributed by atoms with Crippen LogP contribution < -0.4 is 10.9 Å². The highest BCUT2D eigenvalue weighted by molar-refractivity contribution is 7.98. The summed E-state index contributed by atoms with van der Waals surface area (Å²) in [7, 11) is 0. The van der Waals surface area contributed by atoms with Crippen LogP contribution in [0.2, 0.25) is 0 Å². The molecular formula is C21H15N5OS. The molecule has 0 bridgehead atoms. The first-order chi connectivity index (χ1) is 13.7. The van der Waals surface area contributed by atoms with E-state index in [0.717, 1.165) is 16.5 Å². The molecular weight excluding hydrogens is 370 g/mol. The molecule has 0 amide bonds. The Hall–Kier alpha value is -3.63. The van der Waals surface area contributed by atoms with Gasteiger partial charge in [-0.2, -0.15) is 5.10 Å². The van der Waals surface area contributed by atoms with Gasteiger partial charge in [0, 0.05) is 39.8 Å². The van der Waals surface area contributed by atoms with Crippen LogP contribution in [0.3, 0.4) is 0 Å². The lowest BCUT2D eigenvalue weighted by Crippen LogP contribution is -2.05. The van der Waals surface area contributed by atoms with Crippen LogP contribution in [-0.2, 0) is 0 Å². The number of anilines is 2. The molecule has 3 aromatic heterocycles. The van der Waals surface area contributed by atoms with Crippen LogP contribution in [0, 0.1) is 11.8 Å². The maximum absolute atomic E-state index is 11.1. The molecule has 0 aliphatic rings. The van der Waals surface area contributed by atoms with E-state index >= 15 is 0 Å². The molecule has 0 spiro atoms. The second kappa shape index (κ2) is 7.94. The van der Waals surface area contributed by atoms with Gasteiger partial charge in [-0.3, -0.25) is 4.79 Å². The highest BCUT2D eigenvalue weighted by atomic mass is 32.2. The summed E-state index contributed by atoms with van der Waals surface area (Å²) >= 11 is 1.70. The van der Waals surface area contributed by atoms with Gasteiger partial charge in [0.05, 0.1) is 0 Å². The van der Waals surface area contributed by atoms with Crippen molar-refractivity contribution >= 4 is 34.0 Å². The van der Waals surface area contributed by atoms with Gasteiger partial charge < -0.3 is 5.32 Å². The number of aromatic amines is 1. The van der Waals surface area contributed by atoms with E-state index in [-0.39, 0.29) is 5.56 Å². The Balaban J connectivity index is 1.67. The number of benzene rings is 1. The minimum absolute atomic E-state index is 0.263. The summed E-state index contributed by atoms with van der Waals surface area (Å²) in [6.45, 7) is 0. The van der Waals surface area contributed by atoms with Crippen molar-refractivity contribution in [3.05, 3.63) is 82.7 Å². The van der Waals surface area contributed by atoms with Crippen molar-refractivity contribution in [1.29, 1.82) is 0 Å². The quantitative estimate of drug-likeness (QED) is 0.414. The fourth-order valence-corrected chi connectivity index (χ4v) is 3.00. The summed E-state index contributed by atoms with van der Waals surface area (Å²) in [6, 6.07) is 14.9. The van der Waals surface area contributed by atoms with E-state index in [9.17, 15) is 4.79 Å². The maximum Gasteiger partial charge on any atom is 0.264 e. The van der Waals surface area contributed by atoms with Gasteiger partial charge in [-0.25, -0.2) is 15.1 Å². The predicted octanol–water partition coefficient (Wildman–Crippen LogP) is 3.58. The van der Waals surface area contributed by atoms with Gasteiger partial charge in [0.2, 0.25) is 0 Å². The Kier molecular flexibility index (Phi) is 5.04. The minimum atomic E-state index is -0.263. The highest BCUT2D eigenvalue weighted by Gasteiger charge is 2.04. The standard InChI is InChI=1S/C21H15N5OS/c1-28-17-6-2-15(3-7-17)24-20-12-18-14(13-23-20)10-11-22-19(18)8-4-16-5-9-21(27)26-25-16/h2-3,5-7,9-13H,1H3,(H,23,24)(H,26,27). The molecule has 0 unspecified atom stereocenters. The molecule has 0 aliphatic heterocycles. The molecule has 0 fully saturated rings. The third-order valence-corrected chi connectivity index (χ3v) is 4.74. The average Bonchev–Trinajstić information content (AvgIpc) is 2.74. The van der Waals surface area contributed by atoms with Crippen LogP contribution in [0.1, 0.15) is 11.4 Å². The van der Waals surface area contributed by atoms with E-state index in [2.05, 4.69) is 49.5 Å². The maximum atomic E-state index is 11.1. The number of fused-ring (bicyclic) bond motifs is 1. The highest BCUT2D eigenvalue weighted by Crippen LogP contribution is 2.23. The lowest BCUT2D eigenvalue weighted by molar-refractivity contribution is 0.974. The Morgan fingerprint density at radius 3 is 2.64 bits per heavy atom. The zero-order chi connectivity index (χ0) is 19.3. The number of rotatable bonds is 3. The number of H-pyrrole nitrogens is 1. The SMILES string of the molecule is CSc1ccc(Nc2cc3c(C#Cc4ccc(=O)[nH]n4)nccc3cn2)cc1. The van der Waals surface area contributed by atoms with E-state index in [1.54, 1.807) is 30.2 Å². The molecule has 1 aromatic carbocycles. The zero-order valence-corrected chi connectivity index (χ0v) is 15.7. The lowest BCUT2D eigenvalue weighted by atomic mass is 10.1. The second-order valence-corrected chi connectivity index (χ2v) is 6.74. The fraction of sp³-hybridized carbons (Fsp3) is 0.0476. The number of pyridine rings is 2. The van der Waals surface area contributed by atoms with Crippen molar-refractivity contribution in [1.82, 2.24) is 20.2 Å². The molecule has 2 N–H and O–H groups in total. The monoisotopic (exact) mass is 385 g/mol. The van der Waals surface area contributed by atoms with Gasteiger partial charge in [-0.05, 0) is 60.6 Å². The summed E-state index contributed by atoms with van der Waals surface area (Å²) in [5, 5.41) is 11.4. The molecule has 0 saturated heterocycles. The minimum Gasteiger partial charge on any atom is -0.340 e. The van der Waals surface area contributed by atoms with Gasteiger partial charge >= 0.3 is 0 Å². The molecule has 4 aromatic rings. The third-order valence-electron chi connectivity index (χ3n) is 4.00. The molecule has 136 valence electrons. The number of hydrogen-bond donors (Lipinski definition) is 2. The molecule has 6 nitrogen and oxygen atoms in total. The Bertz CT molecular complexity index is 1240. The van der Waals surface area contributed by atoms with Crippen molar-refractivity contribution in [3.8, 4) is 11.8 Å². The van der Waals surface area contributed by atoms with Crippen LogP contribution >= 0.6 is 11.8 Å². The van der Waals surface area contributed by atoms with Gasteiger partial charge in [0.15, 0.2) is 0 Å². The molecule has 4 rings (SSSR count). The molecule has 0 radical (unpaired) electrons. The fourth-order valence-electron chi connectivity index (χ4n) is 2.59. The van der Waals surface area contributed by atoms with Crippen LogP contribution in [0.4, 0.5) is 11.5 Å². The first-order valence-corrected chi connectivity index (χ1v) is 9.67. The number of nitrogens with one attached hydrogen (secondary N) is 2. The predicted molar refractivity (Wildman–Crippen MR) is 112 cm³/mol. The van der Waals surface area contributed by atoms with Crippen molar-refractivity contribution in [2.24, 2.45) is 0 Å². The molecule has 0 atom stereocenters. The third kappa shape index (κ3) is 4.03. The van der Waals surface area contributed by atoms with Gasteiger partial charge in [0.25, 0.3) is 5.56 Å². The number of thioether (sulfide) groups is 1. The number of nitrogens with zero attached hydrogens (tertiary/aromatic N) is 3. The normalized spacial score (nSPS) is 10.3. The molecule has 7 heteroatoms. The Morgan fingerprint density at radius 1 is 1.04 bits per heavy atom. The first kappa shape index (κ1) is 17.8. The van der Waals surface area contributed by atoms with Crippen molar-refractivity contribution in [3.63, 3.8) is 0 Å². The van der Waals surface area contributed by atoms with Crippen LogP contribution in [-0.4, -0.2) is 26.4 Å². The smallest absolute Gasteiger partial charge is 0.264 e. The van der Waals surface area contributed by atoms with Crippen LogP contribution in [0.5, 0.6) is 0 Å². The van der Waals surface area contributed by atoms with Crippen LogP contribution in [0.15, 0.2) is 70.6 Å². The lowest BCUT2D eigenvalue weighted by Gasteiger charge is -2.08. The number of hydrogen-bond acceptors (Lipinski definition) is 6. The largest absolute Gasteiger partial charge is 0.340 e.